The third-order valence-electron chi connectivity index (χ3n) is 2.75. The molecule has 2 amide bonds. The van der Waals surface area contributed by atoms with Crippen molar-refractivity contribution in [2.24, 2.45) is 0 Å². The Kier molecular flexibility index (Phi) is 4.54. The highest BCUT2D eigenvalue weighted by atomic mass is 16.4. The molecule has 0 spiro atoms. The topological polar surface area (TPSA) is 98.7 Å². The Morgan fingerprint density at radius 1 is 1.25 bits per heavy atom. The average Bonchev–Trinajstić information content (AvgIpc) is 2.21. The van der Waals surface area contributed by atoms with Gasteiger partial charge in [-0.3, -0.25) is 4.79 Å². The van der Waals surface area contributed by atoms with Gasteiger partial charge in [-0.15, -0.1) is 0 Å². The van der Waals surface area contributed by atoms with Gasteiger partial charge in [-0.2, -0.15) is 0 Å². The van der Waals surface area contributed by atoms with Crippen LogP contribution in [0.25, 0.3) is 0 Å². The summed E-state index contributed by atoms with van der Waals surface area (Å²) < 4.78 is 0. The molecule has 1 fully saturated rings. The summed E-state index contributed by atoms with van der Waals surface area (Å²) >= 11 is 0. The molecule has 1 aliphatic carbocycles. The van der Waals surface area contributed by atoms with Crippen LogP contribution in [0.1, 0.15) is 32.6 Å². The number of hydrogen-bond donors (Lipinski definition) is 4. The van der Waals surface area contributed by atoms with E-state index in [2.05, 4.69) is 10.6 Å². The summed E-state index contributed by atoms with van der Waals surface area (Å²) in [6, 6.07) is -1.32. The molecule has 1 aliphatic rings. The quantitative estimate of drug-likeness (QED) is 0.551. The number of aliphatic hydroxyl groups is 1. The molecule has 0 aliphatic heterocycles. The number of hydrogen-bond acceptors (Lipinski definition) is 3. The van der Waals surface area contributed by atoms with Crippen LogP contribution in [0.2, 0.25) is 0 Å². The average molecular weight is 230 g/mol. The minimum Gasteiger partial charge on any atom is -0.480 e. The summed E-state index contributed by atoms with van der Waals surface area (Å²) in [6.45, 7) is 1.41. The molecular formula is C10H18N2O4. The van der Waals surface area contributed by atoms with Crippen molar-refractivity contribution in [2.45, 2.75) is 50.8 Å². The number of urea groups is 1. The van der Waals surface area contributed by atoms with E-state index in [-0.39, 0.29) is 12.1 Å². The van der Waals surface area contributed by atoms with Crippen LogP contribution >= 0.6 is 0 Å². The fraction of sp³-hybridized carbons (Fsp3) is 0.800. The molecule has 0 bridgehead atoms. The highest BCUT2D eigenvalue weighted by molar-refractivity contribution is 5.82. The van der Waals surface area contributed by atoms with Crippen molar-refractivity contribution in [2.75, 3.05) is 0 Å². The predicted molar refractivity (Wildman–Crippen MR) is 57.0 cm³/mol. The van der Waals surface area contributed by atoms with E-state index >= 15 is 0 Å². The van der Waals surface area contributed by atoms with Crippen LogP contribution in [-0.2, 0) is 4.79 Å². The number of nitrogens with one attached hydrogen (secondary N) is 2. The Bertz CT molecular complexity index is 262. The Labute approximate surface area is 94.0 Å². The second kappa shape index (κ2) is 5.69. The summed E-state index contributed by atoms with van der Waals surface area (Å²) in [5, 5.41) is 22.9. The zero-order valence-electron chi connectivity index (χ0n) is 9.27. The lowest BCUT2D eigenvalue weighted by Crippen LogP contribution is -2.48. The molecule has 1 unspecified atom stereocenters. The van der Waals surface area contributed by atoms with Gasteiger partial charge in [-0.1, -0.05) is 0 Å². The zero-order chi connectivity index (χ0) is 12.1. The molecule has 1 atom stereocenters. The zero-order valence-corrected chi connectivity index (χ0v) is 9.27. The van der Waals surface area contributed by atoms with Crippen molar-refractivity contribution in [3.63, 3.8) is 0 Å². The minimum absolute atomic E-state index is 0.0318. The van der Waals surface area contributed by atoms with E-state index in [1.807, 2.05) is 0 Å². The molecular weight excluding hydrogens is 212 g/mol. The highest BCUT2D eigenvalue weighted by Crippen LogP contribution is 2.17. The molecule has 0 aromatic rings. The minimum atomic E-state index is -1.06. The lowest BCUT2D eigenvalue weighted by Gasteiger charge is -2.26. The first-order valence-corrected chi connectivity index (χ1v) is 5.47. The summed E-state index contributed by atoms with van der Waals surface area (Å²) in [7, 11) is 0. The van der Waals surface area contributed by atoms with E-state index in [0.717, 1.165) is 12.8 Å². The molecule has 1 saturated carbocycles. The number of aliphatic hydroxyl groups excluding tert-OH is 1. The van der Waals surface area contributed by atoms with E-state index in [1.54, 1.807) is 0 Å². The summed E-state index contributed by atoms with van der Waals surface area (Å²) in [5.41, 5.74) is 0. The van der Waals surface area contributed by atoms with Crippen molar-refractivity contribution in [3.8, 4) is 0 Å². The van der Waals surface area contributed by atoms with Gasteiger partial charge < -0.3 is 20.8 Å². The first-order valence-electron chi connectivity index (χ1n) is 5.47. The largest absolute Gasteiger partial charge is 0.480 e. The molecule has 6 heteroatoms. The molecule has 0 aromatic carbocycles. The van der Waals surface area contributed by atoms with Crippen LogP contribution in [0.15, 0.2) is 0 Å². The van der Waals surface area contributed by atoms with E-state index in [9.17, 15) is 14.7 Å². The molecule has 16 heavy (non-hydrogen) atoms. The summed E-state index contributed by atoms with van der Waals surface area (Å²) in [4.78, 5) is 21.9. The number of amides is 2. The maximum atomic E-state index is 11.4. The highest BCUT2D eigenvalue weighted by Gasteiger charge is 2.22. The van der Waals surface area contributed by atoms with Crippen LogP contribution in [0, 0.1) is 0 Å². The monoisotopic (exact) mass is 230 g/mol. The Morgan fingerprint density at radius 2 is 1.81 bits per heavy atom. The van der Waals surface area contributed by atoms with Gasteiger partial charge in [0.1, 0.15) is 6.04 Å². The molecule has 1 rings (SSSR count). The van der Waals surface area contributed by atoms with Gasteiger partial charge in [0, 0.05) is 6.04 Å². The van der Waals surface area contributed by atoms with E-state index < -0.39 is 18.0 Å². The van der Waals surface area contributed by atoms with Gasteiger partial charge in [-0.05, 0) is 32.6 Å². The molecule has 0 heterocycles. The fourth-order valence-electron chi connectivity index (χ4n) is 1.71. The van der Waals surface area contributed by atoms with Crippen LogP contribution in [0.5, 0.6) is 0 Å². The Morgan fingerprint density at radius 3 is 2.31 bits per heavy atom. The van der Waals surface area contributed by atoms with Crippen molar-refractivity contribution < 1.29 is 19.8 Å². The van der Waals surface area contributed by atoms with Gasteiger partial charge >= 0.3 is 12.0 Å². The Balaban J connectivity index is 2.26. The third-order valence-corrected chi connectivity index (χ3v) is 2.75. The molecule has 4 N–H and O–H groups in total. The smallest absolute Gasteiger partial charge is 0.325 e. The number of aliphatic carboxylic acids is 1. The SMILES string of the molecule is CC(NC(=O)NC1CCC(O)CC1)C(=O)O. The lowest BCUT2D eigenvalue weighted by molar-refractivity contribution is -0.138. The second-order valence-corrected chi connectivity index (χ2v) is 4.18. The maximum Gasteiger partial charge on any atom is 0.325 e. The van der Waals surface area contributed by atoms with E-state index in [4.69, 9.17) is 5.11 Å². The summed E-state index contributed by atoms with van der Waals surface area (Å²) in [6.07, 6.45) is 2.56. The third kappa shape index (κ3) is 4.06. The predicted octanol–water partition coefficient (Wildman–Crippen LogP) is 0.0622. The molecule has 0 radical (unpaired) electrons. The molecule has 6 nitrogen and oxygen atoms in total. The molecule has 92 valence electrons. The second-order valence-electron chi connectivity index (χ2n) is 4.18. The van der Waals surface area contributed by atoms with Crippen LogP contribution in [0.3, 0.4) is 0 Å². The van der Waals surface area contributed by atoms with Gasteiger partial charge in [0.15, 0.2) is 0 Å². The van der Waals surface area contributed by atoms with Crippen LogP contribution < -0.4 is 10.6 Å². The number of carboxylic acid groups (broad SMARTS) is 1. The maximum absolute atomic E-state index is 11.4. The molecule has 0 aromatic heterocycles. The number of carbonyl (C=O) groups excluding carboxylic acids is 1. The van der Waals surface area contributed by atoms with Crippen molar-refractivity contribution in [1.29, 1.82) is 0 Å². The van der Waals surface area contributed by atoms with Gasteiger partial charge in [0.2, 0.25) is 0 Å². The van der Waals surface area contributed by atoms with E-state index in [0.29, 0.717) is 12.8 Å². The standard InChI is InChI=1S/C10H18N2O4/c1-6(9(14)15)11-10(16)12-7-2-4-8(13)5-3-7/h6-8,13H,2-5H2,1H3,(H,14,15)(H2,11,12,16). The van der Waals surface area contributed by atoms with Gasteiger partial charge in [-0.25, -0.2) is 4.79 Å². The number of rotatable bonds is 3. The van der Waals surface area contributed by atoms with Crippen molar-refractivity contribution >= 4 is 12.0 Å². The number of carbonyl (C=O) groups is 2. The fourth-order valence-corrected chi connectivity index (χ4v) is 1.71. The van der Waals surface area contributed by atoms with Crippen molar-refractivity contribution in [3.05, 3.63) is 0 Å². The van der Waals surface area contributed by atoms with Gasteiger partial charge in [0.25, 0.3) is 0 Å². The number of carboxylic acids is 1. The van der Waals surface area contributed by atoms with Crippen LogP contribution in [-0.4, -0.2) is 40.4 Å². The first-order chi connectivity index (χ1) is 7.49. The summed E-state index contributed by atoms with van der Waals surface area (Å²) in [5.74, 6) is -1.06. The van der Waals surface area contributed by atoms with Crippen LogP contribution in [0.4, 0.5) is 4.79 Å². The lowest BCUT2D eigenvalue weighted by atomic mass is 9.93. The Hall–Kier alpha value is -1.30. The van der Waals surface area contributed by atoms with Crippen molar-refractivity contribution in [1.82, 2.24) is 10.6 Å². The van der Waals surface area contributed by atoms with E-state index in [1.165, 1.54) is 6.92 Å². The van der Waals surface area contributed by atoms with Gasteiger partial charge in [0.05, 0.1) is 6.10 Å². The first kappa shape index (κ1) is 12.8. The normalized spacial score (nSPS) is 26.9. The molecule has 0 saturated heterocycles.